The van der Waals surface area contributed by atoms with Crippen molar-refractivity contribution in [3.05, 3.63) is 72.8 Å². The molecule has 5 rings (SSSR count). The van der Waals surface area contributed by atoms with Gasteiger partial charge in [0.25, 0.3) is 0 Å². The molecule has 0 aliphatic carbocycles. The number of methoxy groups -OCH3 is 2. The Morgan fingerprint density at radius 2 is 0.947 bits per heavy atom. The molecule has 0 aliphatic heterocycles. The van der Waals surface area contributed by atoms with Crippen molar-refractivity contribution in [1.29, 1.82) is 0 Å². The van der Waals surface area contributed by atoms with Gasteiger partial charge < -0.3 is 9.47 Å². The summed E-state index contributed by atoms with van der Waals surface area (Å²) < 4.78 is 14.5. The molecule has 0 aliphatic rings. The molecule has 0 spiro atoms. The lowest BCUT2D eigenvalue weighted by atomic mass is 10.1. The number of rotatable bonds is 8. The molecule has 0 saturated carbocycles. The van der Waals surface area contributed by atoms with E-state index in [2.05, 4.69) is 45.9 Å². The van der Waals surface area contributed by atoms with Gasteiger partial charge in [0, 0.05) is 34.3 Å². The van der Waals surface area contributed by atoms with Crippen LogP contribution in [-0.2, 0) is 0 Å². The monoisotopic (exact) mass is 508 g/mol. The van der Waals surface area contributed by atoms with Crippen LogP contribution in [0.2, 0.25) is 0 Å². The van der Waals surface area contributed by atoms with Crippen molar-refractivity contribution in [2.24, 2.45) is 0 Å². The highest BCUT2D eigenvalue weighted by Crippen LogP contribution is 2.31. The lowest BCUT2D eigenvalue weighted by molar-refractivity contribution is 0.414. The van der Waals surface area contributed by atoms with Crippen molar-refractivity contribution in [1.82, 2.24) is 29.5 Å². The zero-order chi connectivity index (χ0) is 26.8. The molecule has 0 saturated heterocycles. The van der Waals surface area contributed by atoms with Crippen LogP contribution in [0.1, 0.15) is 39.8 Å². The minimum absolute atomic E-state index is 0.133. The second-order valence-electron chi connectivity index (χ2n) is 9.63. The maximum Gasteiger partial charge on any atom is 0.181 e. The van der Waals surface area contributed by atoms with Crippen LogP contribution in [0.15, 0.2) is 72.8 Å². The van der Waals surface area contributed by atoms with Crippen LogP contribution < -0.4 is 9.47 Å². The third-order valence-electron chi connectivity index (χ3n) is 6.32. The van der Waals surface area contributed by atoms with Gasteiger partial charge in [0.1, 0.15) is 11.5 Å². The summed E-state index contributed by atoms with van der Waals surface area (Å²) in [5, 5.41) is 9.68. The van der Waals surface area contributed by atoms with E-state index in [0.717, 1.165) is 45.4 Å². The molecule has 0 amide bonds. The van der Waals surface area contributed by atoms with E-state index in [1.54, 1.807) is 14.2 Å². The first kappa shape index (κ1) is 25.2. The van der Waals surface area contributed by atoms with Gasteiger partial charge in [-0.05, 0) is 82.3 Å². The molecule has 8 nitrogen and oxygen atoms in total. The fraction of sp³-hybridized carbons (Fsp3) is 0.267. The van der Waals surface area contributed by atoms with Gasteiger partial charge in [-0.1, -0.05) is 18.2 Å². The quantitative estimate of drug-likeness (QED) is 0.232. The molecule has 2 heterocycles. The number of benzene rings is 3. The summed E-state index contributed by atoms with van der Waals surface area (Å²) in [6, 6.07) is 24.1. The van der Waals surface area contributed by atoms with Gasteiger partial charge in [0.2, 0.25) is 0 Å². The molecule has 38 heavy (non-hydrogen) atoms. The summed E-state index contributed by atoms with van der Waals surface area (Å²) in [7, 11) is 3.32. The van der Waals surface area contributed by atoms with E-state index in [4.69, 9.17) is 29.6 Å². The zero-order valence-electron chi connectivity index (χ0n) is 22.6. The standard InChI is InChI=1S/C30H32N6O2/c1-19(2)35-29(31-27(33-35)21-10-14-25(37-5)15-11-21)23-8-7-9-24(18-23)30-32-28(34-36(30)20(3)4)22-12-16-26(38-6)17-13-22/h7-20H,1-6H3. The first-order chi connectivity index (χ1) is 18.4. The summed E-state index contributed by atoms with van der Waals surface area (Å²) in [6.45, 7) is 8.43. The van der Waals surface area contributed by atoms with E-state index in [1.807, 2.05) is 64.0 Å². The Labute approximate surface area is 222 Å². The predicted molar refractivity (Wildman–Crippen MR) is 149 cm³/mol. The number of hydrogen-bond donors (Lipinski definition) is 0. The average Bonchev–Trinajstić information content (AvgIpc) is 3.59. The third-order valence-corrected chi connectivity index (χ3v) is 6.32. The molecule has 0 atom stereocenters. The molecular formula is C30H32N6O2. The smallest absolute Gasteiger partial charge is 0.181 e. The maximum absolute atomic E-state index is 5.30. The summed E-state index contributed by atoms with van der Waals surface area (Å²) in [6.07, 6.45) is 0. The highest BCUT2D eigenvalue weighted by Gasteiger charge is 2.19. The van der Waals surface area contributed by atoms with Gasteiger partial charge in [-0.3, -0.25) is 0 Å². The van der Waals surface area contributed by atoms with Gasteiger partial charge in [0.15, 0.2) is 23.3 Å². The Bertz CT molecular complexity index is 1420. The average molecular weight is 509 g/mol. The van der Waals surface area contributed by atoms with E-state index in [0.29, 0.717) is 11.6 Å². The van der Waals surface area contributed by atoms with Gasteiger partial charge in [0.05, 0.1) is 14.2 Å². The lowest BCUT2D eigenvalue weighted by Gasteiger charge is -2.12. The number of hydrogen-bond acceptors (Lipinski definition) is 6. The van der Waals surface area contributed by atoms with Gasteiger partial charge in [-0.15, -0.1) is 0 Å². The topological polar surface area (TPSA) is 79.9 Å². The first-order valence-electron chi connectivity index (χ1n) is 12.7. The number of nitrogens with zero attached hydrogens (tertiary/aromatic N) is 6. The van der Waals surface area contributed by atoms with Crippen LogP contribution in [0.5, 0.6) is 11.5 Å². The fourth-order valence-electron chi connectivity index (χ4n) is 4.28. The molecule has 0 N–H and O–H groups in total. The molecule has 194 valence electrons. The summed E-state index contributed by atoms with van der Waals surface area (Å²) >= 11 is 0. The van der Waals surface area contributed by atoms with Crippen molar-refractivity contribution < 1.29 is 9.47 Å². The van der Waals surface area contributed by atoms with Crippen LogP contribution in [0, 0.1) is 0 Å². The highest BCUT2D eigenvalue weighted by molar-refractivity contribution is 5.70. The van der Waals surface area contributed by atoms with Crippen molar-refractivity contribution in [3.8, 4) is 57.1 Å². The second-order valence-corrected chi connectivity index (χ2v) is 9.63. The van der Waals surface area contributed by atoms with E-state index in [9.17, 15) is 0 Å². The number of aromatic nitrogens is 6. The molecule has 0 unspecified atom stereocenters. The largest absolute Gasteiger partial charge is 0.497 e. The molecule has 8 heteroatoms. The molecule has 0 radical (unpaired) electrons. The van der Waals surface area contributed by atoms with E-state index < -0.39 is 0 Å². The van der Waals surface area contributed by atoms with E-state index in [1.165, 1.54) is 0 Å². The van der Waals surface area contributed by atoms with Crippen molar-refractivity contribution in [2.45, 2.75) is 39.8 Å². The molecule has 0 bridgehead atoms. The Kier molecular flexibility index (Phi) is 6.96. The van der Waals surface area contributed by atoms with Gasteiger partial charge in [-0.25, -0.2) is 19.3 Å². The minimum Gasteiger partial charge on any atom is -0.497 e. The van der Waals surface area contributed by atoms with Crippen LogP contribution in [0.4, 0.5) is 0 Å². The minimum atomic E-state index is 0.133. The molecule has 0 fully saturated rings. The predicted octanol–water partition coefficient (Wildman–Crippen LogP) is 6.72. The van der Waals surface area contributed by atoms with E-state index in [-0.39, 0.29) is 12.1 Å². The second kappa shape index (κ2) is 10.5. The summed E-state index contributed by atoms with van der Waals surface area (Å²) in [5.41, 5.74) is 3.80. The van der Waals surface area contributed by atoms with Crippen molar-refractivity contribution >= 4 is 0 Å². The molecule has 3 aromatic carbocycles. The fourth-order valence-corrected chi connectivity index (χ4v) is 4.28. The Morgan fingerprint density at radius 3 is 1.29 bits per heavy atom. The van der Waals surface area contributed by atoms with Crippen LogP contribution >= 0.6 is 0 Å². The molecule has 5 aromatic rings. The zero-order valence-corrected chi connectivity index (χ0v) is 22.6. The van der Waals surface area contributed by atoms with Crippen LogP contribution in [0.25, 0.3) is 45.6 Å². The Balaban J connectivity index is 1.56. The first-order valence-corrected chi connectivity index (χ1v) is 12.7. The Hall–Kier alpha value is -4.46. The lowest BCUT2D eigenvalue weighted by Crippen LogP contribution is -2.06. The van der Waals surface area contributed by atoms with Gasteiger partial charge >= 0.3 is 0 Å². The van der Waals surface area contributed by atoms with Crippen molar-refractivity contribution in [3.63, 3.8) is 0 Å². The third kappa shape index (κ3) is 4.89. The Morgan fingerprint density at radius 1 is 0.553 bits per heavy atom. The number of ether oxygens (including phenoxy) is 2. The molecular weight excluding hydrogens is 476 g/mol. The summed E-state index contributed by atoms with van der Waals surface area (Å²) in [5.74, 6) is 4.56. The highest BCUT2D eigenvalue weighted by atomic mass is 16.5. The van der Waals surface area contributed by atoms with Crippen molar-refractivity contribution in [2.75, 3.05) is 14.2 Å². The maximum atomic E-state index is 5.30. The van der Waals surface area contributed by atoms with E-state index >= 15 is 0 Å². The van der Waals surface area contributed by atoms with Gasteiger partial charge in [-0.2, -0.15) is 10.2 Å². The summed E-state index contributed by atoms with van der Waals surface area (Å²) in [4.78, 5) is 9.89. The normalized spacial score (nSPS) is 11.4. The SMILES string of the molecule is COc1ccc(-c2nc(-c3cccc(-c4nc(-c5ccc(OC)cc5)nn4C(C)C)c3)n(C(C)C)n2)cc1. The van der Waals surface area contributed by atoms with Crippen LogP contribution in [0.3, 0.4) is 0 Å². The molecule has 2 aromatic heterocycles. The van der Waals surface area contributed by atoms with Crippen LogP contribution in [-0.4, -0.2) is 43.7 Å².